The summed E-state index contributed by atoms with van der Waals surface area (Å²) in [6.07, 6.45) is 5.65. The standard InChI is InChI=1S/C20H27N5O3S/c1-22-12-9-21-19(22)20(26)24-15-17(16-24)25(14-13-23-10-5-6-11-23)29(27,28)18-7-3-2-4-8-18/h2-4,7-9,12,17H,5-6,10-11,13-16H2,1H3. The molecule has 2 aromatic rings. The Morgan fingerprint density at radius 2 is 1.86 bits per heavy atom. The van der Waals surface area contributed by atoms with Gasteiger partial charge in [0.15, 0.2) is 5.82 Å². The summed E-state index contributed by atoms with van der Waals surface area (Å²) >= 11 is 0. The van der Waals surface area contributed by atoms with Gasteiger partial charge in [-0.15, -0.1) is 0 Å². The molecule has 0 radical (unpaired) electrons. The second-order valence-corrected chi connectivity index (χ2v) is 9.59. The van der Waals surface area contributed by atoms with Crippen LogP contribution in [0.25, 0.3) is 0 Å². The van der Waals surface area contributed by atoms with Gasteiger partial charge in [-0.3, -0.25) is 4.79 Å². The Labute approximate surface area is 171 Å². The largest absolute Gasteiger partial charge is 0.333 e. The molecule has 9 heteroatoms. The van der Waals surface area contributed by atoms with Crippen LogP contribution in [0.15, 0.2) is 47.6 Å². The van der Waals surface area contributed by atoms with Crippen LogP contribution in [0.3, 0.4) is 0 Å². The SMILES string of the molecule is Cn1ccnc1C(=O)N1CC(N(CCN2CCCC2)S(=O)(=O)c2ccccc2)C1. The Hall–Kier alpha value is -2.23. The minimum absolute atomic E-state index is 0.162. The molecule has 0 spiro atoms. The van der Waals surface area contributed by atoms with Crippen LogP contribution >= 0.6 is 0 Å². The van der Waals surface area contributed by atoms with Crippen LogP contribution in [0.5, 0.6) is 0 Å². The van der Waals surface area contributed by atoms with Crippen LogP contribution in [0, 0.1) is 0 Å². The van der Waals surface area contributed by atoms with E-state index in [-0.39, 0.29) is 11.9 Å². The smallest absolute Gasteiger partial charge is 0.289 e. The fraction of sp³-hybridized carbons (Fsp3) is 0.500. The quantitative estimate of drug-likeness (QED) is 0.672. The minimum atomic E-state index is -3.62. The number of nitrogens with zero attached hydrogens (tertiary/aromatic N) is 5. The highest BCUT2D eigenvalue weighted by atomic mass is 32.2. The van der Waals surface area contributed by atoms with Gasteiger partial charge in [0.25, 0.3) is 5.91 Å². The van der Waals surface area contributed by atoms with E-state index in [2.05, 4.69) is 9.88 Å². The molecular weight excluding hydrogens is 390 g/mol. The van der Waals surface area contributed by atoms with Crippen LogP contribution in [0.2, 0.25) is 0 Å². The lowest BCUT2D eigenvalue weighted by Gasteiger charge is -2.44. The minimum Gasteiger partial charge on any atom is -0.333 e. The average molecular weight is 418 g/mol. The number of imidazole rings is 1. The second kappa shape index (κ2) is 8.25. The Bertz CT molecular complexity index is 948. The molecule has 0 aliphatic carbocycles. The molecule has 1 aromatic heterocycles. The van der Waals surface area contributed by atoms with Crippen molar-refractivity contribution in [1.82, 2.24) is 23.7 Å². The number of hydrogen-bond donors (Lipinski definition) is 0. The molecule has 4 rings (SSSR count). The molecule has 0 bridgehead atoms. The van der Waals surface area contributed by atoms with Crippen molar-refractivity contribution in [2.45, 2.75) is 23.8 Å². The van der Waals surface area contributed by atoms with Crippen molar-refractivity contribution in [2.75, 3.05) is 39.3 Å². The van der Waals surface area contributed by atoms with Gasteiger partial charge in [0.05, 0.1) is 10.9 Å². The first-order valence-corrected chi connectivity index (χ1v) is 11.5. The van der Waals surface area contributed by atoms with Crippen molar-refractivity contribution in [1.29, 1.82) is 0 Å². The maximum atomic E-state index is 13.3. The van der Waals surface area contributed by atoms with Gasteiger partial charge in [-0.2, -0.15) is 4.31 Å². The van der Waals surface area contributed by atoms with E-state index < -0.39 is 10.0 Å². The lowest BCUT2D eigenvalue weighted by molar-refractivity contribution is 0.0427. The van der Waals surface area contributed by atoms with E-state index in [4.69, 9.17) is 0 Å². The summed E-state index contributed by atoms with van der Waals surface area (Å²) < 4.78 is 29.9. The third-order valence-electron chi connectivity index (χ3n) is 5.75. The number of benzene rings is 1. The highest BCUT2D eigenvalue weighted by molar-refractivity contribution is 7.89. The first-order valence-electron chi connectivity index (χ1n) is 10.0. The summed E-state index contributed by atoms with van der Waals surface area (Å²) in [5, 5.41) is 0. The van der Waals surface area contributed by atoms with Crippen molar-refractivity contribution in [3.8, 4) is 0 Å². The monoisotopic (exact) mass is 417 g/mol. The highest BCUT2D eigenvalue weighted by Gasteiger charge is 2.41. The summed E-state index contributed by atoms with van der Waals surface area (Å²) in [5.74, 6) is 0.211. The van der Waals surface area contributed by atoms with E-state index in [1.165, 1.54) is 12.8 Å². The molecule has 8 nitrogen and oxygen atoms in total. The average Bonchev–Trinajstić information content (AvgIpc) is 3.35. The zero-order valence-corrected chi connectivity index (χ0v) is 17.5. The number of aryl methyl sites for hydroxylation is 1. The first-order chi connectivity index (χ1) is 14.0. The number of carbonyl (C=O) groups is 1. The molecule has 0 atom stereocenters. The van der Waals surface area contributed by atoms with E-state index in [1.807, 2.05) is 6.07 Å². The number of sulfonamides is 1. The Morgan fingerprint density at radius 3 is 2.48 bits per heavy atom. The van der Waals surface area contributed by atoms with Crippen molar-refractivity contribution < 1.29 is 13.2 Å². The van der Waals surface area contributed by atoms with Crippen molar-refractivity contribution in [2.24, 2.45) is 7.05 Å². The number of amides is 1. The van der Waals surface area contributed by atoms with E-state index >= 15 is 0 Å². The number of likely N-dealkylation sites (tertiary alicyclic amines) is 2. The Kier molecular flexibility index (Phi) is 5.71. The van der Waals surface area contributed by atoms with Gasteiger partial charge in [-0.1, -0.05) is 18.2 Å². The lowest BCUT2D eigenvalue weighted by atomic mass is 10.1. The fourth-order valence-corrected chi connectivity index (χ4v) is 5.61. The molecule has 2 saturated heterocycles. The van der Waals surface area contributed by atoms with Gasteiger partial charge < -0.3 is 14.4 Å². The van der Waals surface area contributed by atoms with Crippen LogP contribution in [0.4, 0.5) is 0 Å². The van der Waals surface area contributed by atoms with Crippen LogP contribution < -0.4 is 0 Å². The van der Waals surface area contributed by atoms with Gasteiger partial charge >= 0.3 is 0 Å². The molecule has 2 aliphatic rings. The zero-order chi connectivity index (χ0) is 20.4. The molecule has 1 aromatic carbocycles. The molecule has 0 saturated carbocycles. The third-order valence-corrected chi connectivity index (χ3v) is 7.72. The molecule has 29 heavy (non-hydrogen) atoms. The summed E-state index contributed by atoms with van der Waals surface area (Å²) in [6.45, 7) is 3.97. The van der Waals surface area contributed by atoms with Gasteiger partial charge in [0.2, 0.25) is 10.0 Å². The van der Waals surface area contributed by atoms with Gasteiger partial charge in [0.1, 0.15) is 0 Å². The second-order valence-electron chi connectivity index (χ2n) is 7.70. The number of carbonyl (C=O) groups excluding carboxylic acids is 1. The van der Waals surface area contributed by atoms with Crippen molar-refractivity contribution in [3.63, 3.8) is 0 Å². The summed E-state index contributed by atoms with van der Waals surface area (Å²) in [6, 6.07) is 8.34. The van der Waals surface area contributed by atoms with E-state index in [1.54, 1.807) is 57.5 Å². The first kappa shape index (κ1) is 20.1. The third kappa shape index (κ3) is 4.08. The molecule has 0 unspecified atom stereocenters. The van der Waals surface area contributed by atoms with Crippen LogP contribution in [-0.4, -0.2) is 83.3 Å². The van der Waals surface area contributed by atoms with Crippen LogP contribution in [0.1, 0.15) is 23.5 Å². The number of hydrogen-bond acceptors (Lipinski definition) is 5. The summed E-state index contributed by atoms with van der Waals surface area (Å²) in [4.78, 5) is 21.0. The summed E-state index contributed by atoms with van der Waals surface area (Å²) in [7, 11) is -1.84. The van der Waals surface area contributed by atoms with Crippen molar-refractivity contribution in [3.05, 3.63) is 48.5 Å². The Morgan fingerprint density at radius 1 is 1.17 bits per heavy atom. The molecule has 2 aliphatic heterocycles. The molecule has 2 fully saturated rings. The zero-order valence-electron chi connectivity index (χ0n) is 16.6. The van der Waals surface area contributed by atoms with Gasteiger partial charge in [-0.25, -0.2) is 13.4 Å². The highest BCUT2D eigenvalue weighted by Crippen LogP contribution is 2.25. The predicted octanol–water partition coefficient (Wildman–Crippen LogP) is 1.03. The fourth-order valence-electron chi connectivity index (χ4n) is 3.99. The predicted molar refractivity (Wildman–Crippen MR) is 109 cm³/mol. The van der Waals surface area contributed by atoms with Crippen molar-refractivity contribution >= 4 is 15.9 Å². The van der Waals surface area contributed by atoms with E-state index in [9.17, 15) is 13.2 Å². The maximum Gasteiger partial charge on any atom is 0.289 e. The molecule has 3 heterocycles. The normalized spacial score (nSPS) is 18.3. The topological polar surface area (TPSA) is 78.8 Å². The molecule has 1 amide bonds. The number of rotatable bonds is 7. The Balaban J connectivity index is 1.49. The van der Waals surface area contributed by atoms with E-state index in [0.29, 0.717) is 30.4 Å². The van der Waals surface area contributed by atoms with Crippen LogP contribution in [-0.2, 0) is 17.1 Å². The number of aromatic nitrogens is 2. The lowest BCUT2D eigenvalue weighted by Crippen LogP contribution is -2.63. The van der Waals surface area contributed by atoms with Gasteiger partial charge in [0, 0.05) is 45.6 Å². The molecular formula is C20H27N5O3S. The maximum absolute atomic E-state index is 13.3. The summed E-state index contributed by atoms with van der Waals surface area (Å²) in [5.41, 5.74) is 0. The van der Waals surface area contributed by atoms with E-state index in [0.717, 1.165) is 19.6 Å². The molecule has 156 valence electrons. The van der Waals surface area contributed by atoms with Gasteiger partial charge in [-0.05, 0) is 38.1 Å². The molecule has 0 N–H and O–H groups in total.